The molecular weight excluding hydrogens is 153 g/mol. The summed E-state index contributed by atoms with van der Waals surface area (Å²) in [6.07, 6.45) is 0.360. The molecule has 1 aromatic carbocycles. The van der Waals surface area contributed by atoms with Crippen molar-refractivity contribution in [3.8, 4) is 6.07 Å². The third-order valence-electron chi connectivity index (χ3n) is 1.55. The van der Waals surface area contributed by atoms with Crippen molar-refractivity contribution in [1.82, 2.24) is 0 Å². The average molecular weight is 161 g/mol. The normalized spacial score (nSPS) is 9.00. The molecular formula is C10H8FN. The maximum atomic E-state index is 12.5. The smallest absolute Gasteiger partial charge is 0.123 e. The minimum atomic E-state index is -0.446. The fraction of sp³-hybridized carbons (Fsp3) is 0.100. The highest BCUT2D eigenvalue weighted by atomic mass is 19.1. The van der Waals surface area contributed by atoms with Crippen molar-refractivity contribution in [2.24, 2.45) is 0 Å². The minimum Gasteiger partial charge on any atom is -0.207 e. The molecule has 0 fully saturated rings. The Hall–Kier alpha value is -1.62. The molecule has 0 radical (unpaired) electrons. The van der Waals surface area contributed by atoms with Gasteiger partial charge >= 0.3 is 0 Å². The number of nitriles is 1. The third kappa shape index (κ3) is 1.93. The monoisotopic (exact) mass is 161 g/mol. The van der Waals surface area contributed by atoms with E-state index in [9.17, 15) is 4.39 Å². The Morgan fingerprint density at radius 1 is 1.42 bits per heavy atom. The molecule has 1 nitrogen and oxygen atoms in total. The van der Waals surface area contributed by atoms with Crippen LogP contribution in [-0.4, -0.2) is 0 Å². The van der Waals surface area contributed by atoms with Crippen molar-refractivity contribution in [3.05, 3.63) is 42.0 Å². The number of hydrogen-bond acceptors (Lipinski definition) is 1. The summed E-state index contributed by atoms with van der Waals surface area (Å²) in [5.41, 5.74) is 1.36. The maximum absolute atomic E-state index is 12.5. The van der Waals surface area contributed by atoms with E-state index < -0.39 is 5.83 Å². The summed E-state index contributed by atoms with van der Waals surface area (Å²) in [7, 11) is 0. The topological polar surface area (TPSA) is 23.8 Å². The highest BCUT2D eigenvalue weighted by Crippen LogP contribution is 2.13. The van der Waals surface area contributed by atoms with Crippen LogP contribution in [0.5, 0.6) is 0 Å². The molecule has 0 aliphatic carbocycles. The maximum Gasteiger partial charge on any atom is 0.123 e. The van der Waals surface area contributed by atoms with Crippen LogP contribution in [0.25, 0.3) is 5.83 Å². The van der Waals surface area contributed by atoms with E-state index in [0.717, 1.165) is 5.56 Å². The average Bonchev–Trinajstić information content (AvgIpc) is 2.06. The Morgan fingerprint density at radius 2 is 2.00 bits per heavy atom. The van der Waals surface area contributed by atoms with Crippen LogP contribution < -0.4 is 0 Å². The van der Waals surface area contributed by atoms with Gasteiger partial charge in [0, 0.05) is 5.56 Å². The van der Waals surface area contributed by atoms with Crippen molar-refractivity contribution in [3.63, 3.8) is 0 Å². The van der Waals surface area contributed by atoms with Gasteiger partial charge in [0.2, 0.25) is 0 Å². The molecule has 0 aliphatic rings. The predicted octanol–water partition coefficient (Wildman–Crippen LogP) is 2.69. The predicted molar refractivity (Wildman–Crippen MR) is 45.9 cm³/mol. The summed E-state index contributed by atoms with van der Waals surface area (Å²) < 4.78 is 12.5. The van der Waals surface area contributed by atoms with Gasteiger partial charge in [-0.2, -0.15) is 5.26 Å². The van der Waals surface area contributed by atoms with Crippen molar-refractivity contribution < 1.29 is 4.39 Å². The summed E-state index contributed by atoms with van der Waals surface area (Å²) >= 11 is 0. The van der Waals surface area contributed by atoms with Gasteiger partial charge in [-0.15, -0.1) is 0 Å². The third-order valence-corrected chi connectivity index (χ3v) is 1.55. The molecule has 0 spiro atoms. The number of nitrogens with zero attached hydrogens (tertiary/aromatic N) is 1. The first-order chi connectivity index (χ1) is 5.74. The molecule has 0 unspecified atom stereocenters. The van der Waals surface area contributed by atoms with Gasteiger partial charge in [0.15, 0.2) is 0 Å². The Morgan fingerprint density at radius 3 is 2.42 bits per heavy atom. The summed E-state index contributed by atoms with van der Waals surface area (Å²) in [5.74, 6) is -0.446. The van der Waals surface area contributed by atoms with Crippen LogP contribution in [0.3, 0.4) is 0 Å². The van der Waals surface area contributed by atoms with Crippen LogP contribution in [0.2, 0.25) is 0 Å². The molecule has 0 aromatic heterocycles. The van der Waals surface area contributed by atoms with E-state index in [0.29, 0.717) is 12.0 Å². The second kappa shape index (κ2) is 3.68. The van der Waals surface area contributed by atoms with E-state index in [1.807, 2.05) is 6.07 Å². The van der Waals surface area contributed by atoms with Gasteiger partial charge in [-0.05, 0) is 5.56 Å². The number of halogens is 1. The van der Waals surface area contributed by atoms with Crippen LogP contribution in [0, 0.1) is 11.3 Å². The standard InChI is InChI=1S/C10H8FN/c1-8(11)10-4-2-9(3-5-10)6-7-12/h2-5H,1,6H2. The summed E-state index contributed by atoms with van der Waals surface area (Å²) in [5, 5.41) is 8.36. The van der Waals surface area contributed by atoms with Gasteiger partial charge < -0.3 is 0 Å². The van der Waals surface area contributed by atoms with Gasteiger partial charge in [-0.25, -0.2) is 4.39 Å². The van der Waals surface area contributed by atoms with Gasteiger partial charge in [-0.3, -0.25) is 0 Å². The molecule has 0 saturated carbocycles. The largest absolute Gasteiger partial charge is 0.207 e. The van der Waals surface area contributed by atoms with Gasteiger partial charge in [0.05, 0.1) is 12.5 Å². The Bertz CT molecular complexity index is 319. The molecule has 0 amide bonds. The quantitative estimate of drug-likeness (QED) is 0.654. The van der Waals surface area contributed by atoms with Crippen LogP contribution in [0.4, 0.5) is 4.39 Å². The zero-order valence-corrected chi connectivity index (χ0v) is 6.55. The van der Waals surface area contributed by atoms with E-state index in [2.05, 4.69) is 6.58 Å². The van der Waals surface area contributed by atoms with Crippen molar-refractivity contribution >= 4 is 5.83 Å². The molecule has 12 heavy (non-hydrogen) atoms. The molecule has 0 heterocycles. The molecule has 0 N–H and O–H groups in total. The van der Waals surface area contributed by atoms with Gasteiger partial charge in [0.25, 0.3) is 0 Å². The fourth-order valence-corrected chi connectivity index (χ4v) is 0.895. The Kier molecular flexibility index (Phi) is 2.60. The molecule has 0 atom stereocenters. The number of rotatable bonds is 2. The SMILES string of the molecule is C=C(F)c1ccc(CC#N)cc1. The van der Waals surface area contributed by atoms with Crippen LogP contribution in [0.1, 0.15) is 11.1 Å². The zero-order chi connectivity index (χ0) is 8.97. The lowest BCUT2D eigenvalue weighted by Crippen LogP contribution is -1.82. The summed E-state index contributed by atoms with van der Waals surface area (Å²) in [6.45, 7) is 3.17. The zero-order valence-electron chi connectivity index (χ0n) is 6.55. The van der Waals surface area contributed by atoms with Crippen LogP contribution in [-0.2, 0) is 6.42 Å². The summed E-state index contributed by atoms with van der Waals surface area (Å²) in [4.78, 5) is 0. The van der Waals surface area contributed by atoms with Crippen LogP contribution >= 0.6 is 0 Å². The van der Waals surface area contributed by atoms with Gasteiger partial charge in [0.1, 0.15) is 5.83 Å². The van der Waals surface area contributed by atoms with Crippen molar-refractivity contribution in [2.75, 3.05) is 0 Å². The second-order valence-electron chi connectivity index (χ2n) is 2.44. The molecule has 1 rings (SSSR count). The lowest BCUT2D eigenvalue weighted by Gasteiger charge is -1.96. The molecule has 0 saturated heterocycles. The molecule has 0 bridgehead atoms. The first-order valence-electron chi connectivity index (χ1n) is 3.54. The Labute approximate surface area is 70.8 Å². The first-order valence-corrected chi connectivity index (χ1v) is 3.54. The van der Waals surface area contributed by atoms with Crippen molar-refractivity contribution in [1.29, 1.82) is 5.26 Å². The van der Waals surface area contributed by atoms with E-state index in [-0.39, 0.29) is 0 Å². The number of hydrogen-bond donors (Lipinski definition) is 0. The Balaban J connectivity index is 2.87. The van der Waals surface area contributed by atoms with E-state index >= 15 is 0 Å². The van der Waals surface area contributed by atoms with E-state index in [4.69, 9.17) is 5.26 Å². The highest BCUT2D eigenvalue weighted by Gasteiger charge is 1.96. The lowest BCUT2D eigenvalue weighted by molar-refractivity contribution is 0.763. The first kappa shape index (κ1) is 8.48. The highest BCUT2D eigenvalue weighted by molar-refractivity contribution is 5.56. The van der Waals surface area contributed by atoms with Crippen molar-refractivity contribution in [2.45, 2.75) is 6.42 Å². The van der Waals surface area contributed by atoms with E-state index in [1.165, 1.54) is 0 Å². The number of benzene rings is 1. The molecule has 60 valence electrons. The molecule has 2 heteroatoms. The fourth-order valence-electron chi connectivity index (χ4n) is 0.895. The van der Waals surface area contributed by atoms with Crippen LogP contribution in [0.15, 0.2) is 30.8 Å². The summed E-state index contributed by atoms with van der Waals surface area (Å²) in [6, 6.07) is 8.71. The molecule has 0 aliphatic heterocycles. The molecule has 1 aromatic rings. The second-order valence-corrected chi connectivity index (χ2v) is 2.44. The lowest BCUT2D eigenvalue weighted by atomic mass is 10.1. The van der Waals surface area contributed by atoms with E-state index in [1.54, 1.807) is 24.3 Å². The van der Waals surface area contributed by atoms with Gasteiger partial charge in [-0.1, -0.05) is 30.8 Å². The minimum absolute atomic E-state index is 0.360.